The van der Waals surface area contributed by atoms with Gasteiger partial charge in [-0.25, -0.2) is 4.98 Å². The lowest BCUT2D eigenvalue weighted by molar-refractivity contribution is 0.619. The Bertz CT molecular complexity index is 448. The number of hydrogen-bond acceptors (Lipinski definition) is 4. The second kappa shape index (κ2) is 4.14. The van der Waals surface area contributed by atoms with Crippen LogP contribution in [0.2, 0.25) is 0 Å². The molecule has 1 aromatic heterocycles. The number of fused-ring (bicyclic) bond motifs is 1. The maximum atomic E-state index is 5.20. The largest absolute Gasteiger partial charge is 0.356 e. The Morgan fingerprint density at radius 2 is 2.06 bits per heavy atom. The molecule has 2 N–H and O–H groups in total. The number of nitrogens with one attached hydrogen (secondary N) is 2. The molecule has 86 valence electrons. The van der Waals surface area contributed by atoms with E-state index >= 15 is 0 Å². The van der Waals surface area contributed by atoms with Gasteiger partial charge < -0.3 is 15.2 Å². The molecule has 0 atom stereocenters. The minimum atomic E-state index is 0.615. The summed E-state index contributed by atoms with van der Waals surface area (Å²) in [5, 5.41) is 3.36. The summed E-state index contributed by atoms with van der Waals surface area (Å²) in [4.78, 5) is 10.1. The first-order valence-corrected chi connectivity index (χ1v) is 6.33. The van der Waals surface area contributed by atoms with Crippen LogP contribution >= 0.6 is 12.2 Å². The average molecular weight is 236 g/mol. The first-order chi connectivity index (χ1) is 7.84. The summed E-state index contributed by atoms with van der Waals surface area (Å²) in [6.07, 6.45) is 3.61. The zero-order chi connectivity index (χ0) is 11.0. The van der Waals surface area contributed by atoms with Crippen molar-refractivity contribution in [2.45, 2.75) is 25.8 Å². The standard InChI is InChI=1S/C11H16N4S/c16-11-13-9-7-12-4-3-8(9)10(14-11)15-5-1-2-6-15/h12H,1-7H2,(H,13,14,16). The van der Waals surface area contributed by atoms with Crippen molar-refractivity contribution < 1.29 is 0 Å². The Kier molecular flexibility index (Phi) is 2.65. The van der Waals surface area contributed by atoms with E-state index < -0.39 is 0 Å². The van der Waals surface area contributed by atoms with Crippen molar-refractivity contribution in [1.29, 1.82) is 0 Å². The molecule has 0 unspecified atom stereocenters. The first kappa shape index (κ1) is 10.2. The Morgan fingerprint density at radius 3 is 2.88 bits per heavy atom. The fraction of sp³-hybridized carbons (Fsp3) is 0.636. The minimum Gasteiger partial charge on any atom is -0.356 e. The van der Waals surface area contributed by atoms with E-state index in [1.807, 2.05) is 0 Å². The van der Waals surface area contributed by atoms with Crippen molar-refractivity contribution in [1.82, 2.24) is 15.3 Å². The molecule has 0 amide bonds. The van der Waals surface area contributed by atoms with Gasteiger partial charge in [0.05, 0.1) is 0 Å². The van der Waals surface area contributed by atoms with Crippen LogP contribution in [0.1, 0.15) is 24.1 Å². The Hall–Kier alpha value is -0.940. The van der Waals surface area contributed by atoms with Crippen molar-refractivity contribution in [3.63, 3.8) is 0 Å². The summed E-state index contributed by atoms with van der Waals surface area (Å²) in [6, 6.07) is 0. The second-order valence-corrected chi connectivity index (χ2v) is 4.83. The third-order valence-electron chi connectivity index (χ3n) is 3.36. The van der Waals surface area contributed by atoms with Crippen LogP contribution in [-0.4, -0.2) is 29.6 Å². The van der Waals surface area contributed by atoms with Gasteiger partial charge in [-0.3, -0.25) is 0 Å². The molecule has 4 nitrogen and oxygen atoms in total. The highest BCUT2D eigenvalue weighted by molar-refractivity contribution is 7.71. The lowest BCUT2D eigenvalue weighted by Crippen LogP contribution is -2.29. The molecule has 0 spiro atoms. The molecule has 2 aliphatic heterocycles. The van der Waals surface area contributed by atoms with Crippen LogP contribution in [0.4, 0.5) is 5.82 Å². The molecule has 0 saturated carbocycles. The van der Waals surface area contributed by atoms with E-state index in [2.05, 4.69) is 20.2 Å². The van der Waals surface area contributed by atoms with E-state index in [4.69, 9.17) is 12.2 Å². The summed E-state index contributed by atoms with van der Waals surface area (Å²) in [5.74, 6) is 1.14. The lowest BCUT2D eigenvalue weighted by atomic mass is 10.1. The summed E-state index contributed by atoms with van der Waals surface area (Å²) in [7, 11) is 0. The molecule has 16 heavy (non-hydrogen) atoms. The quantitative estimate of drug-likeness (QED) is 0.723. The molecule has 1 aromatic rings. The SMILES string of the molecule is S=c1nc(N2CCCC2)c2c([nH]1)CNCC2. The number of hydrogen-bond donors (Lipinski definition) is 2. The third-order valence-corrected chi connectivity index (χ3v) is 3.55. The van der Waals surface area contributed by atoms with Crippen LogP contribution in [0.3, 0.4) is 0 Å². The number of rotatable bonds is 1. The van der Waals surface area contributed by atoms with Gasteiger partial charge in [0.2, 0.25) is 0 Å². The fourth-order valence-corrected chi connectivity index (χ4v) is 2.77. The molecule has 1 saturated heterocycles. The number of anilines is 1. The van der Waals surface area contributed by atoms with Gasteiger partial charge in [0, 0.05) is 30.9 Å². The van der Waals surface area contributed by atoms with E-state index in [1.54, 1.807) is 0 Å². The zero-order valence-electron chi connectivity index (χ0n) is 9.25. The van der Waals surface area contributed by atoms with Crippen molar-refractivity contribution in [2.75, 3.05) is 24.5 Å². The smallest absolute Gasteiger partial charge is 0.199 e. The summed E-state index contributed by atoms with van der Waals surface area (Å²) >= 11 is 5.20. The highest BCUT2D eigenvalue weighted by atomic mass is 32.1. The third kappa shape index (κ3) is 1.74. The molecule has 2 aliphatic rings. The van der Waals surface area contributed by atoms with Crippen LogP contribution in [0.5, 0.6) is 0 Å². The van der Waals surface area contributed by atoms with Crippen LogP contribution in [0.25, 0.3) is 0 Å². The monoisotopic (exact) mass is 236 g/mol. The van der Waals surface area contributed by atoms with Crippen LogP contribution in [0.15, 0.2) is 0 Å². The molecule has 3 heterocycles. The molecular formula is C11H16N4S. The molecule has 5 heteroatoms. The fourth-order valence-electron chi connectivity index (χ4n) is 2.56. The van der Waals surface area contributed by atoms with Crippen molar-refractivity contribution >= 4 is 18.0 Å². The predicted octanol–water partition coefficient (Wildman–Crippen LogP) is 1.39. The molecule has 0 aliphatic carbocycles. The van der Waals surface area contributed by atoms with E-state index in [9.17, 15) is 0 Å². The van der Waals surface area contributed by atoms with Crippen LogP contribution in [0, 0.1) is 4.77 Å². The zero-order valence-corrected chi connectivity index (χ0v) is 10.1. The number of aromatic amines is 1. The number of nitrogens with zero attached hydrogens (tertiary/aromatic N) is 2. The van der Waals surface area contributed by atoms with E-state index in [1.165, 1.54) is 24.1 Å². The lowest BCUT2D eigenvalue weighted by Gasteiger charge is -2.24. The van der Waals surface area contributed by atoms with Gasteiger partial charge in [0.1, 0.15) is 5.82 Å². The summed E-state index contributed by atoms with van der Waals surface area (Å²) < 4.78 is 0.615. The van der Waals surface area contributed by atoms with E-state index in [-0.39, 0.29) is 0 Å². The predicted molar refractivity (Wildman–Crippen MR) is 66.3 cm³/mol. The summed E-state index contributed by atoms with van der Waals surface area (Å²) in [5.41, 5.74) is 2.60. The van der Waals surface area contributed by atoms with Gasteiger partial charge in [-0.1, -0.05) is 0 Å². The maximum absolute atomic E-state index is 5.20. The number of aromatic nitrogens is 2. The minimum absolute atomic E-state index is 0.615. The molecular weight excluding hydrogens is 220 g/mol. The highest BCUT2D eigenvalue weighted by Gasteiger charge is 2.21. The average Bonchev–Trinajstić information content (AvgIpc) is 2.81. The molecule has 0 bridgehead atoms. The van der Waals surface area contributed by atoms with Crippen LogP contribution < -0.4 is 10.2 Å². The first-order valence-electron chi connectivity index (χ1n) is 5.92. The van der Waals surface area contributed by atoms with Gasteiger partial charge in [-0.05, 0) is 38.0 Å². The van der Waals surface area contributed by atoms with Crippen LogP contribution in [-0.2, 0) is 13.0 Å². The Balaban J connectivity index is 2.08. The molecule has 0 aromatic carbocycles. The molecule has 1 fully saturated rings. The van der Waals surface area contributed by atoms with Crippen molar-refractivity contribution in [2.24, 2.45) is 0 Å². The molecule has 0 radical (unpaired) electrons. The second-order valence-electron chi connectivity index (χ2n) is 4.44. The Morgan fingerprint density at radius 1 is 1.25 bits per heavy atom. The van der Waals surface area contributed by atoms with Gasteiger partial charge >= 0.3 is 0 Å². The number of H-pyrrole nitrogens is 1. The van der Waals surface area contributed by atoms with Gasteiger partial charge in [-0.2, -0.15) is 0 Å². The van der Waals surface area contributed by atoms with Crippen molar-refractivity contribution in [3.8, 4) is 0 Å². The van der Waals surface area contributed by atoms with E-state index in [0.717, 1.165) is 38.4 Å². The highest BCUT2D eigenvalue weighted by Crippen LogP contribution is 2.25. The Labute approximate surface area is 100 Å². The van der Waals surface area contributed by atoms with Gasteiger partial charge in [-0.15, -0.1) is 0 Å². The van der Waals surface area contributed by atoms with Crippen molar-refractivity contribution in [3.05, 3.63) is 16.0 Å². The van der Waals surface area contributed by atoms with Gasteiger partial charge in [0.25, 0.3) is 0 Å². The normalized spacial score (nSPS) is 19.9. The van der Waals surface area contributed by atoms with Gasteiger partial charge in [0.15, 0.2) is 4.77 Å². The summed E-state index contributed by atoms with van der Waals surface area (Å²) in [6.45, 7) is 4.19. The molecule has 3 rings (SSSR count). The van der Waals surface area contributed by atoms with E-state index in [0.29, 0.717) is 4.77 Å². The maximum Gasteiger partial charge on any atom is 0.199 e. The topological polar surface area (TPSA) is 44.0 Å².